The average Bonchev–Trinajstić information content (AvgIpc) is 3.36. The van der Waals surface area contributed by atoms with Crippen molar-refractivity contribution in [2.75, 3.05) is 10.0 Å². The number of carbonyl (C=O) groups is 1. The van der Waals surface area contributed by atoms with Crippen LogP contribution in [0.4, 0.5) is 11.4 Å². The second kappa shape index (κ2) is 6.28. The van der Waals surface area contributed by atoms with Gasteiger partial charge in [-0.2, -0.15) is 0 Å². The van der Waals surface area contributed by atoms with Crippen LogP contribution >= 0.6 is 0 Å². The van der Waals surface area contributed by atoms with Crippen LogP contribution in [0.15, 0.2) is 47.4 Å². The number of aryl methyl sites for hydroxylation is 2. The molecule has 0 aromatic heterocycles. The highest BCUT2D eigenvalue weighted by molar-refractivity contribution is 7.92. The molecule has 0 radical (unpaired) electrons. The minimum atomic E-state index is -3.63. The summed E-state index contributed by atoms with van der Waals surface area (Å²) in [6.45, 7) is 3.82. The zero-order chi connectivity index (χ0) is 17.3. The van der Waals surface area contributed by atoms with Crippen LogP contribution in [-0.4, -0.2) is 14.3 Å². The van der Waals surface area contributed by atoms with Gasteiger partial charge in [-0.25, -0.2) is 8.42 Å². The van der Waals surface area contributed by atoms with E-state index in [1.165, 1.54) is 0 Å². The van der Waals surface area contributed by atoms with Crippen LogP contribution in [0.5, 0.6) is 0 Å². The number of sulfonamides is 1. The van der Waals surface area contributed by atoms with Crippen molar-refractivity contribution in [2.45, 2.75) is 31.6 Å². The Bertz CT molecular complexity index is 870. The van der Waals surface area contributed by atoms with Crippen LogP contribution in [0.3, 0.4) is 0 Å². The third-order valence-electron chi connectivity index (χ3n) is 4.14. The molecule has 5 nitrogen and oxygen atoms in total. The Morgan fingerprint density at radius 2 is 1.58 bits per heavy atom. The van der Waals surface area contributed by atoms with Crippen molar-refractivity contribution in [3.05, 3.63) is 53.6 Å². The van der Waals surface area contributed by atoms with E-state index < -0.39 is 10.0 Å². The number of hydrogen-bond donors (Lipinski definition) is 2. The number of anilines is 2. The molecule has 2 aromatic rings. The van der Waals surface area contributed by atoms with Gasteiger partial charge in [-0.3, -0.25) is 9.52 Å². The maximum atomic E-state index is 12.4. The molecule has 3 rings (SSSR count). The molecular weight excluding hydrogens is 324 g/mol. The predicted molar refractivity (Wildman–Crippen MR) is 94.5 cm³/mol. The van der Waals surface area contributed by atoms with Crippen molar-refractivity contribution in [2.24, 2.45) is 5.92 Å². The molecule has 0 heterocycles. The SMILES string of the molecule is Cc1ccc(S(=O)(=O)Nc2ccc(NC(=O)C3CC3)cc2)cc1C. The highest BCUT2D eigenvalue weighted by Gasteiger charge is 2.29. The van der Waals surface area contributed by atoms with Gasteiger partial charge in [0.2, 0.25) is 5.91 Å². The Balaban J connectivity index is 1.72. The third kappa shape index (κ3) is 3.76. The Hall–Kier alpha value is -2.34. The Labute approximate surface area is 142 Å². The molecule has 1 aliphatic carbocycles. The first-order valence-corrected chi connectivity index (χ1v) is 9.34. The summed E-state index contributed by atoms with van der Waals surface area (Å²) in [6, 6.07) is 11.7. The summed E-state index contributed by atoms with van der Waals surface area (Å²) in [5, 5.41) is 2.82. The van der Waals surface area contributed by atoms with Gasteiger partial charge in [-0.1, -0.05) is 6.07 Å². The van der Waals surface area contributed by atoms with Crippen molar-refractivity contribution in [3.8, 4) is 0 Å². The maximum absolute atomic E-state index is 12.4. The summed E-state index contributed by atoms with van der Waals surface area (Å²) in [7, 11) is -3.63. The highest BCUT2D eigenvalue weighted by Crippen LogP contribution is 2.30. The summed E-state index contributed by atoms with van der Waals surface area (Å²) in [5.41, 5.74) is 3.10. The van der Waals surface area contributed by atoms with E-state index in [4.69, 9.17) is 0 Å². The summed E-state index contributed by atoms with van der Waals surface area (Å²) < 4.78 is 27.4. The van der Waals surface area contributed by atoms with Crippen molar-refractivity contribution >= 4 is 27.3 Å². The number of amides is 1. The lowest BCUT2D eigenvalue weighted by Gasteiger charge is -2.11. The standard InChI is InChI=1S/C18H20N2O3S/c1-12-3-10-17(11-13(12)2)24(22,23)20-16-8-6-15(7-9-16)19-18(21)14-4-5-14/h3,6-11,14,20H,4-5H2,1-2H3,(H,19,21). The van der Waals surface area contributed by atoms with E-state index in [9.17, 15) is 13.2 Å². The fourth-order valence-electron chi connectivity index (χ4n) is 2.31. The lowest BCUT2D eigenvalue weighted by atomic mass is 10.1. The molecule has 6 heteroatoms. The summed E-state index contributed by atoms with van der Waals surface area (Å²) in [4.78, 5) is 11.9. The van der Waals surface area contributed by atoms with Gasteiger partial charge >= 0.3 is 0 Å². The van der Waals surface area contributed by atoms with Gasteiger partial charge in [0.05, 0.1) is 4.90 Å². The predicted octanol–water partition coefficient (Wildman–Crippen LogP) is 3.45. The molecule has 0 atom stereocenters. The van der Waals surface area contributed by atoms with Crippen molar-refractivity contribution in [1.29, 1.82) is 0 Å². The zero-order valence-corrected chi connectivity index (χ0v) is 14.5. The lowest BCUT2D eigenvalue weighted by molar-refractivity contribution is -0.117. The first-order valence-electron chi connectivity index (χ1n) is 7.86. The Kier molecular flexibility index (Phi) is 4.32. The molecule has 1 amide bonds. The average molecular weight is 344 g/mol. The van der Waals surface area contributed by atoms with Gasteiger partial charge < -0.3 is 5.32 Å². The van der Waals surface area contributed by atoms with Crippen LogP contribution in [0, 0.1) is 19.8 Å². The fraction of sp³-hybridized carbons (Fsp3) is 0.278. The van der Waals surface area contributed by atoms with Crippen LogP contribution in [0.2, 0.25) is 0 Å². The van der Waals surface area contributed by atoms with Gasteiger partial charge in [0.1, 0.15) is 0 Å². The molecule has 1 fully saturated rings. The normalized spacial score (nSPS) is 14.2. The summed E-state index contributed by atoms with van der Waals surface area (Å²) in [5.74, 6) is 0.159. The molecule has 2 aromatic carbocycles. The first kappa shape index (κ1) is 16.5. The molecule has 0 spiro atoms. The number of hydrogen-bond acceptors (Lipinski definition) is 3. The minimum Gasteiger partial charge on any atom is -0.326 e. The molecule has 0 aliphatic heterocycles. The summed E-state index contributed by atoms with van der Waals surface area (Å²) in [6.07, 6.45) is 1.89. The van der Waals surface area contributed by atoms with E-state index in [2.05, 4.69) is 10.0 Å². The number of carbonyl (C=O) groups excluding carboxylic acids is 1. The van der Waals surface area contributed by atoms with Crippen molar-refractivity contribution < 1.29 is 13.2 Å². The van der Waals surface area contributed by atoms with Crippen molar-refractivity contribution in [1.82, 2.24) is 0 Å². The molecule has 0 unspecified atom stereocenters. The maximum Gasteiger partial charge on any atom is 0.261 e. The van der Waals surface area contributed by atoms with Gasteiger partial charge in [0, 0.05) is 17.3 Å². The van der Waals surface area contributed by atoms with Gasteiger partial charge in [0.15, 0.2) is 0 Å². The molecule has 24 heavy (non-hydrogen) atoms. The van der Waals surface area contributed by atoms with E-state index >= 15 is 0 Å². The first-order chi connectivity index (χ1) is 11.3. The topological polar surface area (TPSA) is 75.3 Å². The van der Waals surface area contributed by atoms with Gasteiger partial charge in [0.25, 0.3) is 10.0 Å². The second-order valence-electron chi connectivity index (χ2n) is 6.19. The van der Waals surface area contributed by atoms with Crippen LogP contribution < -0.4 is 10.0 Å². The van der Waals surface area contributed by atoms with E-state index in [1.54, 1.807) is 42.5 Å². The van der Waals surface area contributed by atoms with Crippen LogP contribution in [0.25, 0.3) is 0 Å². The fourth-order valence-corrected chi connectivity index (χ4v) is 3.45. The molecule has 1 aliphatic rings. The quantitative estimate of drug-likeness (QED) is 0.872. The monoisotopic (exact) mass is 344 g/mol. The number of benzene rings is 2. The van der Waals surface area contributed by atoms with Gasteiger partial charge in [-0.15, -0.1) is 0 Å². The lowest BCUT2D eigenvalue weighted by Crippen LogP contribution is -2.14. The van der Waals surface area contributed by atoms with E-state index in [-0.39, 0.29) is 16.7 Å². The zero-order valence-electron chi connectivity index (χ0n) is 13.7. The number of nitrogens with one attached hydrogen (secondary N) is 2. The van der Waals surface area contributed by atoms with Crippen LogP contribution in [0.1, 0.15) is 24.0 Å². The van der Waals surface area contributed by atoms with E-state index in [1.807, 2.05) is 13.8 Å². The highest BCUT2D eigenvalue weighted by atomic mass is 32.2. The van der Waals surface area contributed by atoms with Crippen LogP contribution in [-0.2, 0) is 14.8 Å². The molecule has 0 saturated heterocycles. The van der Waals surface area contributed by atoms with E-state index in [0.29, 0.717) is 11.4 Å². The minimum absolute atomic E-state index is 0.0264. The Morgan fingerprint density at radius 1 is 0.958 bits per heavy atom. The second-order valence-corrected chi connectivity index (χ2v) is 7.87. The third-order valence-corrected chi connectivity index (χ3v) is 5.52. The number of rotatable bonds is 5. The molecular formula is C18H20N2O3S. The van der Waals surface area contributed by atoms with E-state index in [0.717, 1.165) is 24.0 Å². The largest absolute Gasteiger partial charge is 0.326 e. The molecule has 126 valence electrons. The van der Waals surface area contributed by atoms with Gasteiger partial charge in [-0.05, 0) is 74.2 Å². The molecule has 0 bridgehead atoms. The smallest absolute Gasteiger partial charge is 0.261 e. The molecule has 2 N–H and O–H groups in total. The summed E-state index contributed by atoms with van der Waals surface area (Å²) >= 11 is 0. The Morgan fingerprint density at radius 3 is 2.17 bits per heavy atom. The van der Waals surface area contributed by atoms with Crippen molar-refractivity contribution in [3.63, 3.8) is 0 Å². The molecule has 1 saturated carbocycles.